The number of hydrogen-bond acceptors (Lipinski definition) is 7. The molecule has 0 fully saturated rings. The van der Waals surface area contributed by atoms with Crippen LogP contribution < -0.4 is 29.0 Å². The summed E-state index contributed by atoms with van der Waals surface area (Å²) in [5.74, 6) is 1.08. The Bertz CT molecular complexity index is 1070. The van der Waals surface area contributed by atoms with Gasteiger partial charge in [0.2, 0.25) is 18.4 Å². The number of ether oxygens (including phenoxy) is 5. The number of aldehydes is 1. The van der Waals surface area contributed by atoms with Crippen molar-refractivity contribution >= 4 is 18.3 Å². The monoisotopic (exact) mass is 439 g/mol. The molecule has 0 spiro atoms. The predicted octanol–water partition coefficient (Wildman–Crippen LogP) is 2.92. The van der Waals surface area contributed by atoms with Crippen LogP contribution >= 0.6 is 0 Å². The molecule has 0 radical (unpaired) electrons. The van der Waals surface area contributed by atoms with E-state index in [-0.39, 0.29) is 12.7 Å². The van der Waals surface area contributed by atoms with E-state index < -0.39 is 11.8 Å². The highest BCUT2D eigenvalue weighted by Crippen LogP contribution is 2.49. The van der Waals surface area contributed by atoms with Gasteiger partial charge in [-0.1, -0.05) is 0 Å². The third-order valence-electron chi connectivity index (χ3n) is 5.74. The normalized spacial score (nSPS) is 18.3. The molecule has 0 bridgehead atoms. The minimum atomic E-state index is -0.747. The van der Waals surface area contributed by atoms with Crippen molar-refractivity contribution in [1.82, 2.24) is 5.32 Å². The first-order chi connectivity index (χ1) is 15.6. The first-order valence-electron chi connectivity index (χ1n) is 10.2. The largest absolute Gasteiger partial charge is 0.493 e. The molecule has 0 saturated heterocycles. The number of benzene rings is 2. The maximum Gasteiger partial charge on any atom is 0.231 e. The van der Waals surface area contributed by atoms with E-state index in [4.69, 9.17) is 23.7 Å². The van der Waals surface area contributed by atoms with Crippen LogP contribution in [-0.2, 0) is 9.59 Å². The summed E-state index contributed by atoms with van der Waals surface area (Å²) in [6, 6.07) is 7.32. The quantitative estimate of drug-likeness (QED) is 0.663. The van der Waals surface area contributed by atoms with Crippen LogP contribution in [-0.4, -0.2) is 46.9 Å². The first kappa shape index (κ1) is 21.5. The Kier molecular flexibility index (Phi) is 5.94. The number of methoxy groups -OCH3 is 3. The maximum atomic E-state index is 13.2. The molecule has 1 aliphatic carbocycles. The van der Waals surface area contributed by atoms with Gasteiger partial charge in [0.25, 0.3) is 0 Å². The fourth-order valence-electron chi connectivity index (χ4n) is 4.36. The van der Waals surface area contributed by atoms with E-state index in [1.165, 1.54) is 21.3 Å². The van der Waals surface area contributed by atoms with Crippen LogP contribution in [0.4, 0.5) is 0 Å². The molecule has 2 atom stereocenters. The average Bonchev–Trinajstić information content (AvgIpc) is 3.27. The van der Waals surface area contributed by atoms with Crippen molar-refractivity contribution in [3.05, 3.63) is 46.5 Å². The van der Waals surface area contributed by atoms with E-state index in [1.54, 1.807) is 18.2 Å². The lowest BCUT2D eigenvalue weighted by molar-refractivity contribution is -0.125. The minimum absolute atomic E-state index is 0.122. The van der Waals surface area contributed by atoms with E-state index in [0.29, 0.717) is 40.9 Å². The number of fused-ring (bicyclic) bond motifs is 2. The second kappa shape index (κ2) is 8.82. The Labute approximate surface area is 186 Å². The lowest BCUT2D eigenvalue weighted by Crippen LogP contribution is -2.37. The summed E-state index contributed by atoms with van der Waals surface area (Å²) in [6.07, 6.45) is 2.47. The van der Waals surface area contributed by atoms with Gasteiger partial charge in [-0.25, -0.2) is 0 Å². The van der Waals surface area contributed by atoms with Crippen molar-refractivity contribution in [3.8, 4) is 28.7 Å². The number of carbonyl (C=O) groups excluding carboxylic acids is 2. The average molecular weight is 439 g/mol. The van der Waals surface area contributed by atoms with E-state index in [2.05, 4.69) is 5.32 Å². The van der Waals surface area contributed by atoms with E-state index >= 15 is 0 Å². The van der Waals surface area contributed by atoms with Gasteiger partial charge in [0.15, 0.2) is 23.0 Å². The van der Waals surface area contributed by atoms with Gasteiger partial charge in [-0.3, -0.25) is 9.59 Å². The molecular weight excluding hydrogens is 414 g/mol. The third kappa shape index (κ3) is 3.51. The zero-order valence-electron chi connectivity index (χ0n) is 18.4. The Hall–Kier alpha value is -3.68. The van der Waals surface area contributed by atoms with E-state index in [1.807, 2.05) is 19.1 Å². The van der Waals surface area contributed by atoms with Crippen LogP contribution in [0.5, 0.6) is 28.7 Å². The van der Waals surface area contributed by atoms with Crippen LogP contribution in [0.3, 0.4) is 0 Å². The third-order valence-corrected chi connectivity index (χ3v) is 5.74. The van der Waals surface area contributed by atoms with E-state index in [9.17, 15) is 9.59 Å². The smallest absolute Gasteiger partial charge is 0.231 e. The lowest BCUT2D eigenvalue weighted by atomic mass is 9.71. The summed E-state index contributed by atoms with van der Waals surface area (Å²) >= 11 is 0. The van der Waals surface area contributed by atoms with Gasteiger partial charge in [-0.15, -0.1) is 0 Å². The molecule has 1 N–H and O–H groups in total. The SMILES string of the molecule is CCNC(=O)[C@@H]1C(C=O)=Cc2cc3c(cc2[C@H]1c1cc(OC)c(OC)c(OC)c1)OCO3. The van der Waals surface area contributed by atoms with Gasteiger partial charge in [-0.05, 0) is 54.0 Å². The summed E-state index contributed by atoms with van der Waals surface area (Å²) in [7, 11) is 4.60. The summed E-state index contributed by atoms with van der Waals surface area (Å²) in [4.78, 5) is 25.2. The highest BCUT2D eigenvalue weighted by Gasteiger charge is 2.39. The Morgan fingerprint density at radius 2 is 1.72 bits per heavy atom. The molecule has 0 aromatic heterocycles. The van der Waals surface area contributed by atoms with Crippen LogP contribution in [0, 0.1) is 5.92 Å². The second-order valence-electron chi connectivity index (χ2n) is 7.41. The molecule has 32 heavy (non-hydrogen) atoms. The number of rotatable bonds is 7. The molecular formula is C24H25NO7. The van der Waals surface area contributed by atoms with Crippen LogP contribution in [0.2, 0.25) is 0 Å². The van der Waals surface area contributed by atoms with Gasteiger partial charge in [0, 0.05) is 18.0 Å². The molecule has 2 aromatic rings. The molecule has 1 aliphatic heterocycles. The highest BCUT2D eigenvalue weighted by molar-refractivity contribution is 5.97. The van der Waals surface area contributed by atoms with E-state index in [0.717, 1.165) is 23.0 Å². The molecule has 0 unspecified atom stereocenters. The molecule has 8 nitrogen and oxygen atoms in total. The molecule has 2 aliphatic rings. The van der Waals surface area contributed by atoms with Crippen molar-refractivity contribution in [2.75, 3.05) is 34.7 Å². The molecule has 2 aromatic carbocycles. The van der Waals surface area contributed by atoms with Crippen LogP contribution in [0.1, 0.15) is 29.5 Å². The van der Waals surface area contributed by atoms with Crippen molar-refractivity contribution < 1.29 is 33.3 Å². The summed E-state index contributed by atoms with van der Waals surface area (Å²) < 4.78 is 27.6. The first-order valence-corrected chi connectivity index (χ1v) is 10.2. The molecule has 0 saturated carbocycles. The topological polar surface area (TPSA) is 92.3 Å². The van der Waals surface area contributed by atoms with Crippen molar-refractivity contribution in [2.24, 2.45) is 5.92 Å². The summed E-state index contributed by atoms with van der Waals surface area (Å²) in [5, 5.41) is 2.86. The Morgan fingerprint density at radius 3 is 2.28 bits per heavy atom. The highest BCUT2D eigenvalue weighted by atomic mass is 16.7. The number of nitrogens with one attached hydrogen (secondary N) is 1. The standard InChI is InChI=1S/C24H25NO7/c1-5-25-24(27)22-15(11-26)6-13-7-17-18(32-12-31-17)10-16(13)21(22)14-8-19(28-2)23(30-4)20(9-14)29-3/h6-11,21-22H,5,12H2,1-4H3,(H,25,27)/t21-,22-/m1/s1. The number of hydrogen-bond donors (Lipinski definition) is 1. The van der Waals surface area contributed by atoms with Gasteiger partial charge in [0.05, 0.1) is 27.2 Å². The fourth-order valence-corrected chi connectivity index (χ4v) is 4.36. The molecule has 8 heteroatoms. The Morgan fingerprint density at radius 1 is 1.06 bits per heavy atom. The number of carbonyl (C=O) groups is 2. The zero-order valence-corrected chi connectivity index (χ0v) is 18.4. The predicted molar refractivity (Wildman–Crippen MR) is 117 cm³/mol. The van der Waals surface area contributed by atoms with Crippen LogP contribution in [0.15, 0.2) is 29.8 Å². The van der Waals surface area contributed by atoms with Crippen molar-refractivity contribution in [3.63, 3.8) is 0 Å². The van der Waals surface area contributed by atoms with Crippen LogP contribution in [0.25, 0.3) is 6.08 Å². The van der Waals surface area contributed by atoms with Gasteiger partial charge in [0.1, 0.15) is 6.29 Å². The molecule has 1 amide bonds. The number of amides is 1. The zero-order chi connectivity index (χ0) is 22.8. The minimum Gasteiger partial charge on any atom is -0.493 e. The summed E-state index contributed by atoms with van der Waals surface area (Å²) in [6.45, 7) is 2.40. The van der Waals surface area contributed by atoms with Gasteiger partial charge < -0.3 is 29.0 Å². The summed E-state index contributed by atoms with van der Waals surface area (Å²) in [5.41, 5.74) is 2.74. The molecule has 1 heterocycles. The van der Waals surface area contributed by atoms with Gasteiger partial charge >= 0.3 is 0 Å². The second-order valence-corrected chi connectivity index (χ2v) is 7.41. The lowest BCUT2D eigenvalue weighted by Gasteiger charge is -2.33. The molecule has 4 rings (SSSR count). The molecule has 168 valence electrons. The Balaban J connectivity index is 1.98. The van der Waals surface area contributed by atoms with Gasteiger partial charge in [-0.2, -0.15) is 0 Å². The van der Waals surface area contributed by atoms with Crippen molar-refractivity contribution in [1.29, 1.82) is 0 Å². The maximum absolute atomic E-state index is 13.2. The van der Waals surface area contributed by atoms with Crippen molar-refractivity contribution in [2.45, 2.75) is 12.8 Å². The fraction of sp³-hybridized carbons (Fsp3) is 0.333.